The van der Waals surface area contributed by atoms with E-state index in [1.165, 1.54) is 19.2 Å². The number of anilines is 1. The molecule has 1 rings (SSSR count). The minimum atomic E-state index is -0.682. The molecule has 8 nitrogen and oxygen atoms in total. The molecule has 0 aliphatic rings. The van der Waals surface area contributed by atoms with Crippen molar-refractivity contribution in [2.75, 3.05) is 25.1 Å². The zero-order valence-electron chi connectivity index (χ0n) is 11.0. The average Bonchev–Trinajstić information content (AvgIpc) is 2.38. The molecule has 0 fully saturated rings. The minimum Gasteiger partial charge on any atom is -0.485 e. The number of nitrogens with zero attached hydrogens (tertiary/aromatic N) is 3. The van der Waals surface area contributed by atoms with Crippen molar-refractivity contribution in [3.63, 3.8) is 0 Å². The van der Waals surface area contributed by atoms with Gasteiger partial charge in [-0.05, 0) is 13.8 Å². The lowest BCUT2D eigenvalue weighted by Crippen LogP contribution is -2.22. The summed E-state index contributed by atoms with van der Waals surface area (Å²) in [5.41, 5.74) is -0.374. The van der Waals surface area contributed by atoms with Gasteiger partial charge in [-0.3, -0.25) is 20.2 Å². The summed E-state index contributed by atoms with van der Waals surface area (Å²) in [4.78, 5) is 22.4. The third-order valence-electron chi connectivity index (χ3n) is 2.76. The largest absolute Gasteiger partial charge is 0.485 e. The molecule has 0 bridgehead atoms. The van der Waals surface area contributed by atoms with Crippen LogP contribution in [-0.4, -0.2) is 30.0 Å². The van der Waals surface area contributed by atoms with Crippen LogP contribution in [0.25, 0.3) is 0 Å². The Morgan fingerprint density at radius 2 is 1.53 bits per heavy atom. The Morgan fingerprint density at radius 1 is 1.11 bits per heavy atom. The maximum atomic E-state index is 11.0. The van der Waals surface area contributed by atoms with E-state index in [0.29, 0.717) is 18.8 Å². The normalized spacial score (nSPS) is 10.1. The van der Waals surface area contributed by atoms with E-state index in [1.807, 2.05) is 13.8 Å². The Labute approximate surface area is 109 Å². The molecule has 0 aliphatic heterocycles. The molecule has 19 heavy (non-hydrogen) atoms. The predicted molar refractivity (Wildman–Crippen MR) is 69.9 cm³/mol. The van der Waals surface area contributed by atoms with Crippen LogP contribution < -0.4 is 9.64 Å². The first-order valence-corrected chi connectivity index (χ1v) is 5.71. The van der Waals surface area contributed by atoms with Gasteiger partial charge in [0.15, 0.2) is 0 Å². The second-order valence-corrected chi connectivity index (χ2v) is 3.70. The van der Waals surface area contributed by atoms with E-state index in [2.05, 4.69) is 0 Å². The number of nitro benzene ring substituents is 2. The Hall–Kier alpha value is -2.38. The highest BCUT2D eigenvalue weighted by atomic mass is 16.6. The fourth-order valence-electron chi connectivity index (χ4n) is 1.84. The number of rotatable bonds is 6. The lowest BCUT2D eigenvalue weighted by molar-refractivity contribution is -0.395. The van der Waals surface area contributed by atoms with Crippen LogP contribution in [0.1, 0.15) is 13.8 Å². The van der Waals surface area contributed by atoms with Crippen LogP contribution in [0.15, 0.2) is 12.1 Å². The average molecular weight is 269 g/mol. The molecule has 0 N–H and O–H groups in total. The SMILES string of the molecule is CCN(CC)c1cc([N+](=O)[O-])c(OC)c([N+](=O)[O-])c1. The summed E-state index contributed by atoms with van der Waals surface area (Å²) in [7, 11) is 1.17. The Bertz CT molecular complexity index is 464. The van der Waals surface area contributed by atoms with Crippen LogP contribution in [0.2, 0.25) is 0 Å². The molecule has 8 heteroatoms. The third kappa shape index (κ3) is 2.90. The smallest absolute Gasteiger partial charge is 0.320 e. The summed E-state index contributed by atoms with van der Waals surface area (Å²) < 4.78 is 4.80. The molecule has 0 saturated carbocycles. The quantitative estimate of drug-likeness (QED) is 0.580. The van der Waals surface area contributed by atoms with Crippen molar-refractivity contribution in [2.24, 2.45) is 0 Å². The van der Waals surface area contributed by atoms with Crippen LogP contribution in [0, 0.1) is 20.2 Å². The summed E-state index contributed by atoms with van der Waals surface area (Å²) in [6.45, 7) is 4.92. The fourth-order valence-corrected chi connectivity index (χ4v) is 1.84. The first kappa shape index (κ1) is 14.7. The Balaban J connectivity index is 3.53. The lowest BCUT2D eigenvalue weighted by atomic mass is 10.2. The molecule has 0 saturated heterocycles. The summed E-state index contributed by atoms with van der Waals surface area (Å²) >= 11 is 0. The van der Waals surface area contributed by atoms with Crippen LogP contribution in [0.4, 0.5) is 17.1 Å². The van der Waals surface area contributed by atoms with Gasteiger partial charge in [-0.25, -0.2) is 0 Å². The maximum Gasteiger partial charge on any atom is 0.320 e. The van der Waals surface area contributed by atoms with Gasteiger partial charge in [0.25, 0.3) is 5.75 Å². The van der Waals surface area contributed by atoms with E-state index in [1.54, 1.807) is 4.90 Å². The van der Waals surface area contributed by atoms with Gasteiger partial charge < -0.3 is 9.64 Å². The van der Waals surface area contributed by atoms with Crippen LogP contribution in [0.5, 0.6) is 5.75 Å². The molecule has 0 aromatic heterocycles. The van der Waals surface area contributed by atoms with Crippen molar-refractivity contribution < 1.29 is 14.6 Å². The van der Waals surface area contributed by atoms with Gasteiger partial charge in [0.05, 0.1) is 22.6 Å². The number of nitro groups is 2. The minimum absolute atomic E-state index is 0.328. The van der Waals surface area contributed by atoms with E-state index in [9.17, 15) is 20.2 Å². The van der Waals surface area contributed by atoms with E-state index in [4.69, 9.17) is 4.74 Å². The zero-order valence-corrected chi connectivity index (χ0v) is 11.0. The zero-order chi connectivity index (χ0) is 14.6. The molecule has 104 valence electrons. The standard InChI is InChI=1S/C11H15N3O5/c1-4-12(5-2)8-6-9(13(15)16)11(19-3)10(7-8)14(17)18/h6-7H,4-5H2,1-3H3. The summed E-state index contributed by atoms with van der Waals surface area (Å²) in [5.74, 6) is -0.328. The number of methoxy groups -OCH3 is 1. The van der Waals surface area contributed by atoms with Crippen molar-refractivity contribution in [1.29, 1.82) is 0 Å². The third-order valence-corrected chi connectivity index (χ3v) is 2.76. The molecule has 0 heterocycles. The molecular weight excluding hydrogens is 254 g/mol. The molecule has 0 radical (unpaired) electrons. The summed E-state index contributed by atoms with van der Waals surface area (Å²) in [6, 6.07) is 2.58. The number of hydrogen-bond donors (Lipinski definition) is 0. The number of benzene rings is 1. The first-order valence-electron chi connectivity index (χ1n) is 5.71. The van der Waals surface area contributed by atoms with Crippen LogP contribution >= 0.6 is 0 Å². The highest BCUT2D eigenvalue weighted by Gasteiger charge is 2.28. The van der Waals surface area contributed by atoms with Gasteiger partial charge in [0.2, 0.25) is 0 Å². The van der Waals surface area contributed by atoms with Crippen molar-refractivity contribution in [3.05, 3.63) is 32.4 Å². The van der Waals surface area contributed by atoms with Crippen molar-refractivity contribution in [1.82, 2.24) is 0 Å². The Morgan fingerprint density at radius 3 is 1.79 bits per heavy atom. The summed E-state index contributed by atoms with van der Waals surface area (Å²) in [6.07, 6.45) is 0. The molecule has 0 aliphatic carbocycles. The molecule has 0 spiro atoms. The van der Waals surface area contributed by atoms with Gasteiger partial charge in [-0.1, -0.05) is 0 Å². The van der Waals surface area contributed by atoms with Gasteiger partial charge in [-0.2, -0.15) is 0 Å². The van der Waals surface area contributed by atoms with Gasteiger partial charge in [-0.15, -0.1) is 0 Å². The highest BCUT2D eigenvalue weighted by Crippen LogP contribution is 2.40. The van der Waals surface area contributed by atoms with E-state index >= 15 is 0 Å². The number of ether oxygens (including phenoxy) is 1. The van der Waals surface area contributed by atoms with Crippen LogP contribution in [0.3, 0.4) is 0 Å². The van der Waals surface area contributed by atoms with Gasteiger partial charge in [0.1, 0.15) is 0 Å². The second-order valence-electron chi connectivity index (χ2n) is 3.70. The molecule has 1 aromatic carbocycles. The Kier molecular flexibility index (Phi) is 4.62. The van der Waals surface area contributed by atoms with E-state index in [-0.39, 0.29) is 5.75 Å². The predicted octanol–water partition coefficient (Wildman–Crippen LogP) is 2.36. The molecule has 0 atom stereocenters. The molecule has 1 aromatic rings. The monoisotopic (exact) mass is 269 g/mol. The van der Waals surface area contributed by atoms with Crippen molar-refractivity contribution >= 4 is 17.1 Å². The highest BCUT2D eigenvalue weighted by molar-refractivity contribution is 5.69. The first-order chi connectivity index (χ1) is 8.96. The van der Waals surface area contributed by atoms with Gasteiger partial charge in [0, 0.05) is 25.2 Å². The van der Waals surface area contributed by atoms with Gasteiger partial charge >= 0.3 is 11.4 Å². The topological polar surface area (TPSA) is 98.8 Å². The molecule has 0 amide bonds. The second kappa shape index (κ2) is 5.98. The van der Waals surface area contributed by atoms with E-state index in [0.717, 1.165) is 0 Å². The summed E-state index contributed by atoms with van der Waals surface area (Å²) in [5, 5.41) is 22.0. The van der Waals surface area contributed by atoms with E-state index < -0.39 is 21.2 Å². The van der Waals surface area contributed by atoms with Crippen LogP contribution in [-0.2, 0) is 0 Å². The lowest BCUT2D eigenvalue weighted by Gasteiger charge is -2.20. The molecule has 0 unspecified atom stereocenters. The fraction of sp³-hybridized carbons (Fsp3) is 0.455. The van der Waals surface area contributed by atoms with Crippen molar-refractivity contribution in [2.45, 2.75) is 13.8 Å². The number of hydrogen-bond acceptors (Lipinski definition) is 6. The van der Waals surface area contributed by atoms with Crippen molar-refractivity contribution in [3.8, 4) is 5.75 Å². The molecular formula is C11H15N3O5. The maximum absolute atomic E-state index is 11.0.